The summed E-state index contributed by atoms with van der Waals surface area (Å²) in [4.78, 5) is 15.3. The Bertz CT molecular complexity index is 1090. The molecular weight excluding hydrogens is 454 g/mol. The lowest BCUT2D eigenvalue weighted by Crippen LogP contribution is -2.66. The number of hydrogen-bond donors (Lipinski definition) is 4. The fourth-order valence-corrected chi connectivity index (χ4v) is 3.85. The molecule has 6 N–H and O–H groups in total. The van der Waals surface area contributed by atoms with Gasteiger partial charge in [0.1, 0.15) is 11.3 Å². The highest BCUT2D eigenvalue weighted by Crippen LogP contribution is 2.43. The number of hydrogen-bond acceptors (Lipinski definition) is 4. The number of allylic oxidation sites excluding steroid dienone is 4. The smallest absolute Gasteiger partial charge is 0.401 e. The van der Waals surface area contributed by atoms with Crippen molar-refractivity contribution >= 4 is 17.3 Å². The summed E-state index contributed by atoms with van der Waals surface area (Å²) in [6, 6.07) is 3.42. The number of amidine groups is 1. The third kappa shape index (κ3) is 4.65. The number of nitrogens with zero attached hydrogens (tertiary/aromatic N) is 1. The molecule has 2 heterocycles. The number of rotatable bonds is 3. The van der Waals surface area contributed by atoms with Gasteiger partial charge < -0.3 is 10.8 Å². The molecule has 6 nitrogen and oxygen atoms in total. The van der Waals surface area contributed by atoms with Gasteiger partial charge in [-0.3, -0.25) is 5.41 Å². The zero-order valence-corrected chi connectivity index (χ0v) is 17.3. The molecule has 1 saturated heterocycles. The number of carbonyl (C=O) groups is 1. The van der Waals surface area contributed by atoms with Crippen molar-refractivity contribution in [3.8, 4) is 0 Å². The van der Waals surface area contributed by atoms with Crippen LogP contribution < -0.4 is 16.5 Å². The van der Waals surface area contributed by atoms with Gasteiger partial charge in [0.15, 0.2) is 0 Å². The zero-order chi connectivity index (χ0) is 24.8. The van der Waals surface area contributed by atoms with Crippen LogP contribution in [0.1, 0.15) is 37.6 Å². The summed E-state index contributed by atoms with van der Waals surface area (Å²) in [6.45, 7) is 1.48. The number of aromatic nitrogens is 1. The van der Waals surface area contributed by atoms with Gasteiger partial charge in [0, 0.05) is 11.6 Å². The predicted octanol–water partition coefficient (Wildman–Crippen LogP) is 2.02. The monoisotopic (exact) mass is 475 g/mol. The molecule has 1 aromatic rings. The normalized spacial score (nSPS) is 24.6. The molecule has 0 saturated carbocycles. The largest absolute Gasteiger partial charge is 0.433 e. The van der Waals surface area contributed by atoms with E-state index in [1.807, 2.05) is 0 Å². The molecule has 178 valence electrons. The van der Waals surface area contributed by atoms with Gasteiger partial charge in [0.2, 0.25) is 5.60 Å². The van der Waals surface area contributed by atoms with Crippen molar-refractivity contribution < 1.29 is 41.7 Å². The molecule has 0 bridgehead atoms. The number of amides is 1. The highest BCUT2D eigenvalue weighted by molar-refractivity contribution is 6.10. The van der Waals surface area contributed by atoms with Gasteiger partial charge in [0.05, 0.1) is 12.1 Å². The van der Waals surface area contributed by atoms with Crippen LogP contribution in [0.3, 0.4) is 0 Å². The van der Waals surface area contributed by atoms with Gasteiger partial charge >= 0.3 is 18.3 Å². The van der Waals surface area contributed by atoms with Crippen molar-refractivity contribution in [3.05, 3.63) is 58.6 Å². The first kappa shape index (κ1) is 24.5. The second kappa shape index (κ2) is 8.32. The summed E-state index contributed by atoms with van der Waals surface area (Å²) >= 11 is 0. The fourth-order valence-electron chi connectivity index (χ4n) is 3.85. The van der Waals surface area contributed by atoms with Gasteiger partial charge in [-0.15, -0.1) is 0 Å². The van der Waals surface area contributed by atoms with Gasteiger partial charge in [-0.25, -0.2) is 15.1 Å². The van der Waals surface area contributed by atoms with Crippen LogP contribution in [-0.2, 0) is 11.0 Å². The number of halogens is 6. The van der Waals surface area contributed by atoms with E-state index in [2.05, 4.69) is 10.3 Å². The summed E-state index contributed by atoms with van der Waals surface area (Å²) in [5.74, 6) is -2.70. The highest BCUT2D eigenvalue weighted by Gasteiger charge is 2.63. The Morgan fingerprint density at radius 1 is 1.27 bits per heavy atom. The van der Waals surface area contributed by atoms with E-state index in [1.165, 1.54) is 25.1 Å². The Morgan fingerprint density at radius 3 is 2.55 bits per heavy atom. The van der Waals surface area contributed by atoms with Crippen molar-refractivity contribution in [3.63, 3.8) is 0 Å². The first-order valence-corrected chi connectivity index (χ1v) is 9.82. The Kier molecular flexibility index (Phi) is 6.18. The summed E-state index contributed by atoms with van der Waals surface area (Å²) in [7, 11) is 0. The van der Waals surface area contributed by atoms with Crippen LogP contribution in [0, 0.1) is 5.92 Å². The van der Waals surface area contributed by atoms with E-state index < -0.39 is 59.0 Å². The number of pyridine rings is 1. The Hall–Kier alpha value is -3.15. The molecule has 2 unspecified atom stereocenters. The number of nitrogens with two attached hydrogens (primary N) is 2. The Morgan fingerprint density at radius 2 is 1.94 bits per heavy atom. The lowest BCUT2D eigenvalue weighted by atomic mass is 9.79. The SMILES string of the molecule is CC(C1=CC(c2cccc(C(F)(F)F)n2)=CCC1)C(N)=C1C(=[NH2+])NC(=O)CC1(O)C(F)(F)F. The molecule has 1 aliphatic carbocycles. The van der Waals surface area contributed by atoms with E-state index >= 15 is 0 Å². The summed E-state index contributed by atoms with van der Waals surface area (Å²) in [5, 5.41) is 18.1. The highest BCUT2D eigenvalue weighted by atomic mass is 19.4. The summed E-state index contributed by atoms with van der Waals surface area (Å²) in [5.41, 5.74) is 1.05. The lowest BCUT2D eigenvalue weighted by Gasteiger charge is -2.35. The molecule has 3 rings (SSSR count). The van der Waals surface area contributed by atoms with Crippen LogP contribution in [0.4, 0.5) is 26.3 Å². The molecule has 1 amide bonds. The van der Waals surface area contributed by atoms with E-state index in [9.17, 15) is 36.2 Å². The maximum atomic E-state index is 13.7. The molecule has 1 aromatic heterocycles. The van der Waals surface area contributed by atoms with Crippen LogP contribution in [0.25, 0.3) is 5.57 Å². The average molecular weight is 475 g/mol. The van der Waals surface area contributed by atoms with Crippen molar-refractivity contribution in [1.29, 1.82) is 0 Å². The number of alkyl halides is 6. The molecule has 2 aliphatic rings. The molecule has 2 atom stereocenters. The van der Waals surface area contributed by atoms with E-state index in [-0.39, 0.29) is 5.69 Å². The first-order chi connectivity index (χ1) is 15.1. The fraction of sp³-hybridized carbons (Fsp3) is 0.381. The topological polar surface area (TPSA) is 114 Å². The second-order valence-corrected chi connectivity index (χ2v) is 7.87. The molecule has 1 fully saturated rings. The van der Waals surface area contributed by atoms with Crippen LogP contribution in [0.15, 0.2) is 47.2 Å². The quantitative estimate of drug-likeness (QED) is 0.501. The minimum Gasteiger partial charge on any atom is -0.401 e. The third-order valence-corrected chi connectivity index (χ3v) is 5.63. The zero-order valence-electron chi connectivity index (χ0n) is 17.3. The number of aliphatic hydroxyl groups is 1. The van der Waals surface area contributed by atoms with Crippen molar-refractivity contribution in [2.75, 3.05) is 0 Å². The summed E-state index contributed by atoms with van der Waals surface area (Å²) < 4.78 is 80.1. The van der Waals surface area contributed by atoms with E-state index in [0.717, 1.165) is 6.07 Å². The standard InChI is InChI=1S/C21H20F6N4O2/c1-10(17(28)16-18(29)31-15(32)9-19(16,33)21(25,26)27)11-4-2-5-12(8-11)13-6-3-7-14(30-13)20(22,23)24/h3,5-8,10,33H,2,4,9,28H2,1H3,(H2,29,31,32)/p+1. The van der Waals surface area contributed by atoms with Crippen molar-refractivity contribution in [1.82, 2.24) is 10.3 Å². The average Bonchev–Trinajstić information content (AvgIpc) is 2.71. The van der Waals surface area contributed by atoms with Gasteiger partial charge in [-0.1, -0.05) is 30.7 Å². The van der Waals surface area contributed by atoms with Crippen LogP contribution in [-0.4, -0.2) is 33.6 Å². The summed E-state index contributed by atoms with van der Waals surface area (Å²) in [6.07, 6.45) is -7.27. The third-order valence-electron chi connectivity index (χ3n) is 5.63. The predicted molar refractivity (Wildman–Crippen MR) is 106 cm³/mol. The van der Waals surface area contributed by atoms with E-state index in [1.54, 1.807) is 6.08 Å². The van der Waals surface area contributed by atoms with Crippen LogP contribution >= 0.6 is 0 Å². The minimum absolute atomic E-state index is 0.0447. The van der Waals surface area contributed by atoms with E-state index in [4.69, 9.17) is 11.1 Å². The maximum Gasteiger partial charge on any atom is 0.433 e. The molecule has 1 aliphatic heterocycles. The van der Waals surface area contributed by atoms with Crippen LogP contribution in [0.2, 0.25) is 0 Å². The molecule has 0 spiro atoms. The van der Waals surface area contributed by atoms with Crippen LogP contribution in [0.5, 0.6) is 0 Å². The number of carbonyl (C=O) groups excluding carboxylic acids is 1. The van der Waals surface area contributed by atoms with E-state index in [0.29, 0.717) is 24.0 Å². The van der Waals surface area contributed by atoms with Crippen molar-refractivity contribution in [2.24, 2.45) is 11.7 Å². The number of piperidine rings is 1. The molecular formula is C21H21F6N4O2+. The minimum atomic E-state index is -5.23. The first-order valence-electron chi connectivity index (χ1n) is 9.82. The Balaban J connectivity index is 2.02. The van der Waals surface area contributed by atoms with Gasteiger partial charge in [0.25, 0.3) is 5.84 Å². The maximum absolute atomic E-state index is 13.7. The second-order valence-electron chi connectivity index (χ2n) is 7.87. The van der Waals surface area contributed by atoms with Gasteiger partial charge in [-0.05, 0) is 30.5 Å². The number of nitrogens with one attached hydrogen (secondary N) is 1. The Labute approximate surface area is 184 Å². The van der Waals surface area contributed by atoms with Gasteiger partial charge in [-0.2, -0.15) is 26.3 Å². The molecule has 0 radical (unpaired) electrons. The molecule has 12 heteroatoms. The lowest BCUT2D eigenvalue weighted by molar-refractivity contribution is -0.247. The van der Waals surface area contributed by atoms with Crippen molar-refractivity contribution in [2.45, 2.75) is 44.1 Å². The molecule has 0 aromatic carbocycles. The molecule has 33 heavy (non-hydrogen) atoms.